The van der Waals surface area contributed by atoms with Crippen molar-refractivity contribution < 1.29 is 27.8 Å². The molecule has 6 nitrogen and oxygen atoms in total. The summed E-state index contributed by atoms with van der Waals surface area (Å²) in [5.41, 5.74) is 14.3. The van der Waals surface area contributed by atoms with Crippen LogP contribution >= 0.6 is 0 Å². The molecular weight excluding hydrogens is 646 g/mol. The lowest BCUT2D eigenvalue weighted by Gasteiger charge is -2.47. The second-order valence-electron chi connectivity index (χ2n) is 18.3. The van der Waals surface area contributed by atoms with E-state index >= 15 is 8.78 Å². The summed E-state index contributed by atoms with van der Waals surface area (Å²) in [7, 11) is 0. The van der Waals surface area contributed by atoms with E-state index in [1.54, 1.807) is 0 Å². The van der Waals surface area contributed by atoms with E-state index in [2.05, 4.69) is 13.8 Å². The normalized spacial score (nSPS) is 29.4. The van der Waals surface area contributed by atoms with Crippen molar-refractivity contribution in [2.45, 2.75) is 161 Å². The number of esters is 2. The molecule has 0 spiro atoms. The van der Waals surface area contributed by atoms with Gasteiger partial charge < -0.3 is 20.9 Å². The molecule has 8 heteroatoms. The van der Waals surface area contributed by atoms with Crippen molar-refractivity contribution in [3.05, 3.63) is 58.2 Å². The zero-order valence-corrected chi connectivity index (χ0v) is 31.8. The summed E-state index contributed by atoms with van der Waals surface area (Å²) in [5, 5.41) is 0. The van der Waals surface area contributed by atoms with Gasteiger partial charge in [0.05, 0.1) is 10.8 Å². The summed E-state index contributed by atoms with van der Waals surface area (Å²) >= 11 is 0. The van der Waals surface area contributed by atoms with Gasteiger partial charge in [-0.2, -0.15) is 0 Å². The van der Waals surface area contributed by atoms with Gasteiger partial charge in [0.15, 0.2) is 0 Å². The lowest BCUT2D eigenvalue weighted by Crippen LogP contribution is -2.53. The van der Waals surface area contributed by atoms with Gasteiger partial charge in [-0.1, -0.05) is 58.8 Å². The van der Waals surface area contributed by atoms with E-state index in [4.69, 9.17) is 20.9 Å². The molecule has 0 amide bonds. The molecule has 280 valence electrons. The Kier molecular flexibility index (Phi) is 10.5. The minimum absolute atomic E-state index is 0.0659. The Balaban J connectivity index is 1.09. The molecule has 4 bridgehead atoms. The third-order valence-electron chi connectivity index (χ3n) is 13.7. The van der Waals surface area contributed by atoms with Crippen LogP contribution in [-0.4, -0.2) is 24.0 Å². The lowest BCUT2D eigenvalue weighted by molar-refractivity contribution is -0.145. The summed E-state index contributed by atoms with van der Waals surface area (Å²) in [6, 6.07) is 6.25. The molecule has 6 unspecified atom stereocenters. The van der Waals surface area contributed by atoms with Crippen molar-refractivity contribution in [2.24, 2.45) is 34.1 Å². The second-order valence-corrected chi connectivity index (χ2v) is 18.3. The minimum Gasteiger partial charge on any atom is -0.426 e. The number of nitrogens with two attached hydrogens (primary N) is 2. The van der Waals surface area contributed by atoms with Crippen LogP contribution in [0.4, 0.5) is 8.78 Å². The van der Waals surface area contributed by atoms with Gasteiger partial charge in [-0.05, 0) is 125 Å². The highest BCUT2D eigenvalue weighted by molar-refractivity contribution is 5.79. The van der Waals surface area contributed by atoms with Crippen molar-refractivity contribution in [3.63, 3.8) is 0 Å². The van der Waals surface area contributed by atoms with Crippen molar-refractivity contribution in [2.75, 3.05) is 0 Å². The fourth-order valence-electron chi connectivity index (χ4n) is 9.94. The van der Waals surface area contributed by atoms with E-state index in [1.165, 1.54) is 12.1 Å². The first-order valence-electron chi connectivity index (χ1n) is 19.6. The molecule has 2 fully saturated rings. The standard InChI is InChI=1S/C43H60F2N2O4/c1-40(2,38(48)50-28-22-32-30(34(44)24-28)20-26-14-9-7-11-18-42(32,5)36(26)46)16-13-17-41(3,4)39(49)51-29-23-33-31(35(45)25-29)21-27-15-10-8-12-19-43(33,6)37(27)47/h22-27,36-37H,7-21,46-47H2,1-6H3. The highest BCUT2D eigenvalue weighted by atomic mass is 19.1. The molecule has 0 aromatic heterocycles. The van der Waals surface area contributed by atoms with Crippen LogP contribution in [0.2, 0.25) is 0 Å². The molecule has 0 radical (unpaired) electrons. The Morgan fingerprint density at radius 2 is 1.08 bits per heavy atom. The first-order chi connectivity index (χ1) is 24.0. The highest BCUT2D eigenvalue weighted by Crippen LogP contribution is 2.49. The van der Waals surface area contributed by atoms with Gasteiger partial charge in [0.2, 0.25) is 0 Å². The summed E-state index contributed by atoms with van der Waals surface area (Å²) in [6.45, 7) is 11.5. The lowest BCUT2D eigenvalue weighted by atomic mass is 9.60. The monoisotopic (exact) mass is 706 g/mol. The number of rotatable bonds is 8. The molecule has 2 saturated carbocycles. The van der Waals surface area contributed by atoms with Gasteiger partial charge in [0, 0.05) is 35.0 Å². The third-order valence-corrected chi connectivity index (χ3v) is 13.7. The second kappa shape index (κ2) is 14.2. The van der Waals surface area contributed by atoms with Gasteiger partial charge in [-0.25, -0.2) is 8.78 Å². The van der Waals surface area contributed by atoms with Crippen molar-refractivity contribution in [3.8, 4) is 11.5 Å². The number of carbonyl (C=O) groups is 2. The summed E-state index contributed by atoms with van der Waals surface area (Å²) < 4.78 is 43.0. The fourth-order valence-corrected chi connectivity index (χ4v) is 9.94. The Morgan fingerprint density at radius 1 is 0.686 bits per heavy atom. The number of hydrogen-bond acceptors (Lipinski definition) is 6. The molecule has 4 aliphatic carbocycles. The van der Waals surface area contributed by atoms with E-state index in [9.17, 15) is 9.59 Å². The first-order valence-corrected chi connectivity index (χ1v) is 19.6. The molecule has 2 aromatic carbocycles. The average Bonchev–Trinajstić information content (AvgIpc) is 3.05. The van der Waals surface area contributed by atoms with E-state index < -0.39 is 22.8 Å². The van der Waals surface area contributed by atoms with Crippen molar-refractivity contribution >= 4 is 11.9 Å². The van der Waals surface area contributed by atoms with Gasteiger partial charge in [-0.3, -0.25) is 9.59 Å². The van der Waals surface area contributed by atoms with Crippen LogP contribution in [0.15, 0.2) is 24.3 Å². The van der Waals surface area contributed by atoms with E-state index in [0.29, 0.717) is 43.2 Å². The van der Waals surface area contributed by atoms with Crippen molar-refractivity contribution in [1.82, 2.24) is 0 Å². The molecule has 4 aliphatic rings. The van der Waals surface area contributed by atoms with Crippen molar-refractivity contribution in [1.29, 1.82) is 0 Å². The largest absolute Gasteiger partial charge is 0.426 e. The number of carbonyl (C=O) groups excluding carboxylic acids is 2. The molecule has 6 atom stereocenters. The zero-order valence-electron chi connectivity index (χ0n) is 31.8. The maximum atomic E-state index is 15.6. The Hall–Kier alpha value is -2.84. The number of ether oxygens (including phenoxy) is 2. The highest BCUT2D eigenvalue weighted by Gasteiger charge is 2.47. The number of halogens is 2. The van der Waals surface area contributed by atoms with Gasteiger partial charge in [0.25, 0.3) is 0 Å². The molecular formula is C43H60F2N2O4. The van der Waals surface area contributed by atoms with Gasteiger partial charge >= 0.3 is 11.9 Å². The molecule has 51 heavy (non-hydrogen) atoms. The number of fused-ring (bicyclic) bond motifs is 8. The van der Waals surface area contributed by atoms with Crippen LogP contribution in [0.3, 0.4) is 0 Å². The molecule has 0 saturated heterocycles. The first kappa shape index (κ1) is 37.9. The maximum Gasteiger partial charge on any atom is 0.316 e. The molecule has 4 N–H and O–H groups in total. The molecule has 0 aliphatic heterocycles. The smallest absolute Gasteiger partial charge is 0.316 e. The predicted octanol–water partition coefficient (Wildman–Crippen LogP) is 9.14. The van der Waals surface area contributed by atoms with Gasteiger partial charge in [0.1, 0.15) is 23.1 Å². The Labute approximate surface area is 303 Å². The fraction of sp³-hybridized carbons (Fsp3) is 0.674. The van der Waals surface area contributed by atoms with Crippen LogP contribution < -0.4 is 20.9 Å². The predicted molar refractivity (Wildman–Crippen MR) is 197 cm³/mol. The van der Waals surface area contributed by atoms with Crippen LogP contribution in [-0.2, 0) is 33.3 Å². The van der Waals surface area contributed by atoms with E-state index in [-0.39, 0.29) is 57.9 Å². The number of hydrogen-bond donors (Lipinski definition) is 2. The average molecular weight is 707 g/mol. The summed E-state index contributed by atoms with van der Waals surface area (Å²) in [6.07, 6.45) is 13.1. The Bertz CT molecular complexity index is 1540. The van der Waals surface area contributed by atoms with Crippen LogP contribution in [0.25, 0.3) is 0 Å². The van der Waals surface area contributed by atoms with Crippen LogP contribution in [0.5, 0.6) is 11.5 Å². The van der Waals surface area contributed by atoms with Crippen LogP contribution in [0, 0.1) is 34.3 Å². The topological polar surface area (TPSA) is 105 Å². The van der Waals surface area contributed by atoms with E-state index in [0.717, 1.165) is 75.3 Å². The van der Waals surface area contributed by atoms with E-state index in [1.807, 2.05) is 39.8 Å². The summed E-state index contributed by atoms with van der Waals surface area (Å²) in [5.74, 6) is -0.633. The zero-order chi connectivity index (χ0) is 36.9. The SMILES string of the molecule is CC(C)(CCCC(C)(C)C(=O)Oc1cc(F)c2c(c1)C1(C)CCCCCC(C2)C1N)C(=O)Oc1cc(F)c2c(c1)C1(C)CCCCCC(C2)C1N. The third kappa shape index (κ3) is 7.25. The summed E-state index contributed by atoms with van der Waals surface area (Å²) in [4.78, 5) is 27.0. The molecule has 2 aromatic rings. The maximum absolute atomic E-state index is 15.6. The quantitative estimate of drug-likeness (QED) is 0.210. The van der Waals surface area contributed by atoms with Crippen LogP contribution in [0.1, 0.15) is 147 Å². The molecule has 0 heterocycles. The minimum atomic E-state index is -0.886. The molecule has 6 rings (SSSR count). The van der Waals surface area contributed by atoms with Gasteiger partial charge in [-0.15, -0.1) is 0 Å². The Morgan fingerprint density at radius 3 is 1.47 bits per heavy atom. The number of benzene rings is 2.